The number of hydrogen-bond acceptors (Lipinski definition) is 4. The predicted octanol–water partition coefficient (Wildman–Crippen LogP) is 3.24. The minimum Gasteiger partial charge on any atom is -0.466 e. The Bertz CT molecular complexity index is 479. The number of rotatable bonds is 7. The zero-order valence-corrected chi connectivity index (χ0v) is 13.2. The van der Waals surface area contributed by atoms with Crippen LogP contribution in [0.1, 0.15) is 43.6 Å². The van der Waals surface area contributed by atoms with Crippen molar-refractivity contribution >= 4 is 11.9 Å². The van der Waals surface area contributed by atoms with Gasteiger partial charge < -0.3 is 9.47 Å². The maximum atomic E-state index is 12.1. The molecular weight excluding hydrogens is 268 g/mol. The van der Waals surface area contributed by atoms with Gasteiger partial charge in [-0.15, -0.1) is 0 Å². The van der Waals surface area contributed by atoms with Crippen LogP contribution in [-0.2, 0) is 20.7 Å². The summed E-state index contributed by atoms with van der Waals surface area (Å²) in [7, 11) is 0. The standard InChI is InChI=1S/C17H24O4/c1-5-20-16(18)14-10-8-7-9-13(14)11-15(12(3)4)17(19)21-6-2/h7-10,12,15H,5-6,11H2,1-4H3. The summed E-state index contributed by atoms with van der Waals surface area (Å²) in [5.74, 6) is -0.689. The molecule has 0 aliphatic heterocycles. The van der Waals surface area contributed by atoms with Gasteiger partial charge in [-0.1, -0.05) is 32.0 Å². The number of carbonyl (C=O) groups is 2. The molecule has 0 amide bonds. The van der Waals surface area contributed by atoms with E-state index >= 15 is 0 Å². The Morgan fingerprint density at radius 2 is 1.67 bits per heavy atom. The summed E-state index contributed by atoms with van der Waals surface area (Å²) in [4.78, 5) is 24.0. The highest BCUT2D eigenvalue weighted by atomic mass is 16.5. The van der Waals surface area contributed by atoms with Crippen molar-refractivity contribution in [1.82, 2.24) is 0 Å². The third-order valence-corrected chi connectivity index (χ3v) is 3.35. The van der Waals surface area contributed by atoms with Crippen LogP contribution in [0, 0.1) is 11.8 Å². The number of ether oxygens (including phenoxy) is 2. The van der Waals surface area contributed by atoms with Crippen molar-refractivity contribution in [2.75, 3.05) is 13.2 Å². The van der Waals surface area contributed by atoms with Crippen molar-refractivity contribution in [3.8, 4) is 0 Å². The highest BCUT2D eigenvalue weighted by molar-refractivity contribution is 5.91. The molecule has 0 aliphatic rings. The molecule has 4 heteroatoms. The molecule has 0 heterocycles. The Hall–Kier alpha value is -1.84. The monoisotopic (exact) mass is 292 g/mol. The molecule has 0 bridgehead atoms. The third kappa shape index (κ3) is 4.88. The second-order valence-electron chi connectivity index (χ2n) is 5.18. The maximum absolute atomic E-state index is 12.1. The van der Waals surface area contributed by atoms with E-state index in [1.807, 2.05) is 26.0 Å². The zero-order valence-electron chi connectivity index (χ0n) is 13.2. The molecule has 1 rings (SSSR count). The van der Waals surface area contributed by atoms with Gasteiger partial charge in [-0.2, -0.15) is 0 Å². The second-order valence-corrected chi connectivity index (χ2v) is 5.18. The molecule has 0 aromatic heterocycles. The lowest BCUT2D eigenvalue weighted by molar-refractivity contribution is -0.149. The second kappa shape index (κ2) is 8.45. The average Bonchev–Trinajstić information content (AvgIpc) is 2.45. The molecule has 0 N–H and O–H groups in total. The first kappa shape index (κ1) is 17.2. The Labute approximate surface area is 126 Å². The molecule has 0 aliphatic carbocycles. The molecule has 1 atom stereocenters. The maximum Gasteiger partial charge on any atom is 0.338 e. The number of esters is 2. The van der Waals surface area contributed by atoms with Crippen molar-refractivity contribution in [3.63, 3.8) is 0 Å². The lowest BCUT2D eigenvalue weighted by Crippen LogP contribution is -2.26. The van der Waals surface area contributed by atoms with Gasteiger partial charge in [0.05, 0.1) is 24.7 Å². The van der Waals surface area contributed by atoms with Gasteiger partial charge in [-0.05, 0) is 37.8 Å². The van der Waals surface area contributed by atoms with Gasteiger partial charge in [0.25, 0.3) is 0 Å². The Morgan fingerprint density at radius 1 is 1.05 bits per heavy atom. The Morgan fingerprint density at radius 3 is 2.24 bits per heavy atom. The predicted molar refractivity (Wildman–Crippen MR) is 81.1 cm³/mol. The summed E-state index contributed by atoms with van der Waals surface area (Å²) >= 11 is 0. The van der Waals surface area contributed by atoms with Crippen LogP contribution in [0.2, 0.25) is 0 Å². The highest BCUT2D eigenvalue weighted by Gasteiger charge is 2.26. The van der Waals surface area contributed by atoms with E-state index in [0.717, 1.165) is 5.56 Å². The van der Waals surface area contributed by atoms with Crippen LogP contribution in [0.4, 0.5) is 0 Å². The summed E-state index contributed by atoms with van der Waals surface area (Å²) in [6.45, 7) is 8.22. The van der Waals surface area contributed by atoms with E-state index in [1.54, 1.807) is 26.0 Å². The molecule has 0 saturated carbocycles. The van der Waals surface area contributed by atoms with Crippen LogP contribution in [0.25, 0.3) is 0 Å². The minimum absolute atomic E-state index is 0.138. The summed E-state index contributed by atoms with van der Waals surface area (Å²) < 4.78 is 10.2. The lowest BCUT2D eigenvalue weighted by Gasteiger charge is -2.20. The summed E-state index contributed by atoms with van der Waals surface area (Å²) in [5, 5.41) is 0. The molecule has 21 heavy (non-hydrogen) atoms. The molecule has 0 spiro atoms. The van der Waals surface area contributed by atoms with E-state index in [0.29, 0.717) is 25.2 Å². The lowest BCUT2D eigenvalue weighted by atomic mass is 9.87. The van der Waals surface area contributed by atoms with Crippen LogP contribution in [-0.4, -0.2) is 25.2 Å². The summed E-state index contributed by atoms with van der Waals surface area (Å²) in [6, 6.07) is 7.25. The van der Waals surface area contributed by atoms with Gasteiger partial charge in [-0.25, -0.2) is 4.79 Å². The van der Waals surface area contributed by atoms with Gasteiger partial charge in [-0.3, -0.25) is 4.79 Å². The quantitative estimate of drug-likeness (QED) is 0.724. The van der Waals surface area contributed by atoms with Crippen LogP contribution in [0.5, 0.6) is 0 Å². The average molecular weight is 292 g/mol. The molecule has 0 radical (unpaired) electrons. The zero-order chi connectivity index (χ0) is 15.8. The van der Waals surface area contributed by atoms with E-state index in [1.165, 1.54) is 0 Å². The van der Waals surface area contributed by atoms with Gasteiger partial charge in [0.1, 0.15) is 0 Å². The normalized spacial score (nSPS) is 12.0. The summed E-state index contributed by atoms with van der Waals surface area (Å²) in [6.07, 6.45) is 0.478. The van der Waals surface area contributed by atoms with E-state index in [2.05, 4.69) is 0 Å². The fraction of sp³-hybridized carbons (Fsp3) is 0.529. The van der Waals surface area contributed by atoms with Crippen molar-refractivity contribution < 1.29 is 19.1 Å². The van der Waals surface area contributed by atoms with E-state index in [9.17, 15) is 9.59 Å². The van der Waals surface area contributed by atoms with Gasteiger partial charge in [0.2, 0.25) is 0 Å². The van der Waals surface area contributed by atoms with Crippen LogP contribution >= 0.6 is 0 Å². The topological polar surface area (TPSA) is 52.6 Å². The van der Waals surface area contributed by atoms with Crippen molar-refractivity contribution in [2.24, 2.45) is 11.8 Å². The molecule has 4 nitrogen and oxygen atoms in total. The fourth-order valence-electron chi connectivity index (χ4n) is 2.18. The number of carbonyl (C=O) groups excluding carboxylic acids is 2. The summed E-state index contributed by atoms with van der Waals surface area (Å²) in [5.41, 5.74) is 1.34. The fourth-order valence-corrected chi connectivity index (χ4v) is 2.18. The van der Waals surface area contributed by atoms with Gasteiger partial charge in [0, 0.05) is 0 Å². The van der Waals surface area contributed by atoms with Crippen molar-refractivity contribution in [2.45, 2.75) is 34.1 Å². The molecule has 1 aromatic rings. The molecule has 0 saturated heterocycles. The van der Waals surface area contributed by atoms with E-state index < -0.39 is 0 Å². The van der Waals surface area contributed by atoms with E-state index in [4.69, 9.17) is 9.47 Å². The van der Waals surface area contributed by atoms with Gasteiger partial charge >= 0.3 is 11.9 Å². The minimum atomic E-state index is -0.348. The SMILES string of the molecule is CCOC(=O)c1ccccc1CC(C(=O)OCC)C(C)C. The first-order valence-corrected chi connectivity index (χ1v) is 7.42. The first-order valence-electron chi connectivity index (χ1n) is 7.42. The first-order chi connectivity index (χ1) is 10.0. The molecule has 1 unspecified atom stereocenters. The Kier molecular flexibility index (Phi) is 6.92. The van der Waals surface area contributed by atoms with Gasteiger partial charge in [0.15, 0.2) is 0 Å². The smallest absolute Gasteiger partial charge is 0.338 e. The molecular formula is C17H24O4. The van der Waals surface area contributed by atoms with Crippen LogP contribution < -0.4 is 0 Å². The highest BCUT2D eigenvalue weighted by Crippen LogP contribution is 2.22. The molecule has 0 fully saturated rings. The van der Waals surface area contributed by atoms with Crippen LogP contribution in [0.3, 0.4) is 0 Å². The number of benzene rings is 1. The van der Waals surface area contributed by atoms with Crippen molar-refractivity contribution in [3.05, 3.63) is 35.4 Å². The Balaban J connectivity index is 2.99. The molecule has 116 valence electrons. The van der Waals surface area contributed by atoms with Crippen molar-refractivity contribution in [1.29, 1.82) is 0 Å². The van der Waals surface area contributed by atoms with Crippen LogP contribution in [0.15, 0.2) is 24.3 Å². The largest absolute Gasteiger partial charge is 0.466 e. The third-order valence-electron chi connectivity index (χ3n) is 3.35. The number of hydrogen-bond donors (Lipinski definition) is 0. The van der Waals surface area contributed by atoms with E-state index in [-0.39, 0.29) is 23.8 Å². The molecule has 1 aromatic carbocycles.